The minimum atomic E-state index is 0.0572. The van der Waals surface area contributed by atoms with Gasteiger partial charge in [0.1, 0.15) is 5.75 Å². The number of para-hydroxylation sites is 1. The lowest BCUT2D eigenvalue weighted by molar-refractivity contribution is 0.101. The summed E-state index contributed by atoms with van der Waals surface area (Å²) in [6.45, 7) is 6.64. The van der Waals surface area contributed by atoms with E-state index in [-0.39, 0.29) is 5.78 Å². The number of ketones is 1. The van der Waals surface area contributed by atoms with Crippen LogP contribution in [-0.4, -0.2) is 12.4 Å². The topological polar surface area (TPSA) is 26.3 Å². The Labute approximate surface area is 104 Å². The molecule has 1 aromatic rings. The average Bonchev–Trinajstić information content (AvgIpc) is 2.34. The van der Waals surface area contributed by atoms with Crippen LogP contribution < -0.4 is 4.74 Å². The van der Waals surface area contributed by atoms with E-state index >= 15 is 0 Å². The number of rotatable bonds is 7. The molecule has 0 saturated carbocycles. The Morgan fingerprint density at radius 2 is 2.06 bits per heavy atom. The van der Waals surface area contributed by atoms with E-state index in [9.17, 15) is 4.79 Å². The zero-order chi connectivity index (χ0) is 12.7. The van der Waals surface area contributed by atoms with E-state index in [4.69, 9.17) is 4.74 Å². The van der Waals surface area contributed by atoms with E-state index in [1.165, 1.54) is 19.3 Å². The monoisotopic (exact) mass is 234 g/mol. The second-order valence-electron chi connectivity index (χ2n) is 4.61. The highest BCUT2D eigenvalue weighted by Crippen LogP contribution is 2.20. The summed E-state index contributed by atoms with van der Waals surface area (Å²) in [6, 6.07) is 7.44. The molecule has 1 atom stereocenters. The first-order valence-corrected chi connectivity index (χ1v) is 6.38. The van der Waals surface area contributed by atoms with Gasteiger partial charge >= 0.3 is 0 Å². The Bertz CT molecular complexity index is 358. The molecule has 17 heavy (non-hydrogen) atoms. The third kappa shape index (κ3) is 4.59. The van der Waals surface area contributed by atoms with Crippen molar-refractivity contribution in [3.8, 4) is 5.75 Å². The van der Waals surface area contributed by atoms with E-state index in [0.717, 1.165) is 0 Å². The van der Waals surface area contributed by atoms with Crippen LogP contribution in [0.5, 0.6) is 5.75 Å². The average molecular weight is 234 g/mol. The molecule has 0 unspecified atom stereocenters. The molecule has 1 rings (SSSR count). The van der Waals surface area contributed by atoms with Crippen LogP contribution in [-0.2, 0) is 0 Å². The van der Waals surface area contributed by atoms with Crippen molar-refractivity contribution in [2.45, 2.75) is 40.0 Å². The number of carbonyl (C=O) groups is 1. The number of unbranched alkanes of at least 4 members (excludes halogenated alkanes) is 1. The van der Waals surface area contributed by atoms with Crippen molar-refractivity contribution in [3.05, 3.63) is 29.8 Å². The van der Waals surface area contributed by atoms with Gasteiger partial charge in [-0.25, -0.2) is 0 Å². The second kappa shape index (κ2) is 7.10. The first-order chi connectivity index (χ1) is 8.15. The van der Waals surface area contributed by atoms with Gasteiger partial charge in [-0.2, -0.15) is 0 Å². The van der Waals surface area contributed by atoms with Crippen LogP contribution in [0.4, 0.5) is 0 Å². The summed E-state index contributed by atoms with van der Waals surface area (Å²) in [4.78, 5) is 11.4. The van der Waals surface area contributed by atoms with Gasteiger partial charge in [0, 0.05) is 0 Å². The highest BCUT2D eigenvalue weighted by atomic mass is 16.5. The molecular weight excluding hydrogens is 212 g/mol. The van der Waals surface area contributed by atoms with Gasteiger partial charge in [0.2, 0.25) is 0 Å². The van der Waals surface area contributed by atoms with Crippen LogP contribution >= 0.6 is 0 Å². The van der Waals surface area contributed by atoms with E-state index in [1.54, 1.807) is 6.92 Å². The van der Waals surface area contributed by atoms with Crippen LogP contribution in [0, 0.1) is 5.92 Å². The zero-order valence-corrected chi connectivity index (χ0v) is 11.0. The molecule has 0 aromatic heterocycles. The summed E-state index contributed by atoms with van der Waals surface area (Å²) in [5, 5.41) is 0. The molecule has 0 aliphatic rings. The number of benzene rings is 1. The summed E-state index contributed by atoms with van der Waals surface area (Å²) < 4.78 is 5.74. The lowest BCUT2D eigenvalue weighted by Crippen LogP contribution is -2.10. The molecule has 0 spiro atoms. The van der Waals surface area contributed by atoms with E-state index < -0.39 is 0 Å². The van der Waals surface area contributed by atoms with Gasteiger partial charge in [0.25, 0.3) is 0 Å². The van der Waals surface area contributed by atoms with Gasteiger partial charge in [-0.1, -0.05) is 38.8 Å². The third-order valence-corrected chi connectivity index (χ3v) is 2.84. The predicted molar refractivity (Wildman–Crippen MR) is 70.6 cm³/mol. The number of Topliss-reactive ketones (excluding diaryl/α,β-unsaturated/α-hetero) is 1. The van der Waals surface area contributed by atoms with Crippen molar-refractivity contribution in [1.82, 2.24) is 0 Å². The van der Waals surface area contributed by atoms with Crippen molar-refractivity contribution in [2.24, 2.45) is 5.92 Å². The molecule has 0 amide bonds. The molecular formula is C15H22O2. The maximum absolute atomic E-state index is 11.4. The van der Waals surface area contributed by atoms with Crippen LogP contribution in [0.25, 0.3) is 0 Å². The molecule has 0 bridgehead atoms. The van der Waals surface area contributed by atoms with Gasteiger partial charge in [-0.05, 0) is 31.4 Å². The Morgan fingerprint density at radius 1 is 1.35 bits per heavy atom. The summed E-state index contributed by atoms with van der Waals surface area (Å²) in [5.41, 5.74) is 0.676. The summed E-state index contributed by atoms with van der Waals surface area (Å²) >= 11 is 0. The molecule has 0 aliphatic heterocycles. The molecule has 2 nitrogen and oxygen atoms in total. The second-order valence-corrected chi connectivity index (χ2v) is 4.61. The molecule has 0 radical (unpaired) electrons. The largest absolute Gasteiger partial charge is 0.493 e. The standard InChI is InChI=1S/C15H22O2/c1-4-5-8-12(2)11-17-15-10-7-6-9-14(15)13(3)16/h6-7,9-10,12H,4-5,8,11H2,1-3H3/t12-/m0/s1. The van der Waals surface area contributed by atoms with Gasteiger partial charge in [0.05, 0.1) is 12.2 Å². The van der Waals surface area contributed by atoms with E-state index in [0.29, 0.717) is 23.8 Å². The maximum Gasteiger partial charge on any atom is 0.163 e. The molecule has 0 fully saturated rings. The Kier molecular flexibility index (Phi) is 5.75. The Balaban J connectivity index is 2.54. The smallest absolute Gasteiger partial charge is 0.163 e. The van der Waals surface area contributed by atoms with Gasteiger partial charge in [-0.15, -0.1) is 0 Å². The Hall–Kier alpha value is -1.31. The summed E-state index contributed by atoms with van der Waals surface area (Å²) in [7, 11) is 0. The fourth-order valence-electron chi connectivity index (χ4n) is 1.75. The van der Waals surface area contributed by atoms with Crippen LogP contribution in [0.2, 0.25) is 0 Å². The molecule has 94 valence electrons. The minimum Gasteiger partial charge on any atom is -0.493 e. The van der Waals surface area contributed by atoms with Crippen molar-refractivity contribution in [3.63, 3.8) is 0 Å². The number of carbonyl (C=O) groups excluding carboxylic acids is 1. The highest BCUT2D eigenvalue weighted by Gasteiger charge is 2.09. The van der Waals surface area contributed by atoms with Crippen LogP contribution in [0.1, 0.15) is 50.4 Å². The number of hydrogen-bond donors (Lipinski definition) is 0. The van der Waals surface area contributed by atoms with Crippen molar-refractivity contribution >= 4 is 5.78 Å². The molecule has 0 heterocycles. The first-order valence-electron chi connectivity index (χ1n) is 6.38. The Morgan fingerprint density at radius 3 is 2.71 bits per heavy atom. The van der Waals surface area contributed by atoms with E-state index in [2.05, 4.69) is 13.8 Å². The van der Waals surface area contributed by atoms with Crippen molar-refractivity contribution in [1.29, 1.82) is 0 Å². The highest BCUT2D eigenvalue weighted by molar-refractivity contribution is 5.96. The van der Waals surface area contributed by atoms with Crippen molar-refractivity contribution < 1.29 is 9.53 Å². The van der Waals surface area contributed by atoms with E-state index in [1.807, 2.05) is 24.3 Å². The fraction of sp³-hybridized carbons (Fsp3) is 0.533. The number of ether oxygens (including phenoxy) is 1. The zero-order valence-electron chi connectivity index (χ0n) is 11.0. The first kappa shape index (κ1) is 13.8. The SMILES string of the molecule is CCCC[C@H](C)COc1ccccc1C(C)=O. The van der Waals surface area contributed by atoms with Crippen LogP contribution in [0.3, 0.4) is 0 Å². The maximum atomic E-state index is 11.4. The molecule has 0 N–H and O–H groups in total. The fourth-order valence-corrected chi connectivity index (χ4v) is 1.75. The molecule has 1 aromatic carbocycles. The van der Waals surface area contributed by atoms with Crippen LogP contribution in [0.15, 0.2) is 24.3 Å². The summed E-state index contributed by atoms with van der Waals surface area (Å²) in [6.07, 6.45) is 3.63. The normalized spacial score (nSPS) is 12.2. The number of hydrogen-bond acceptors (Lipinski definition) is 2. The van der Waals surface area contributed by atoms with Gasteiger partial charge in [-0.3, -0.25) is 4.79 Å². The molecule has 0 saturated heterocycles. The lowest BCUT2D eigenvalue weighted by atomic mass is 10.1. The minimum absolute atomic E-state index is 0.0572. The van der Waals surface area contributed by atoms with Crippen molar-refractivity contribution in [2.75, 3.05) is 6.61 Å². The summed E-state index contributed by atoms with van der Waals surface area (Å²) in [5.74, 6) is 1.31. The van der Waals surface area contributed by atoms with Gasteiger partial charge < -0.3 is 4.74 Å². The molecule has 0 aliphatic carbocycles. The quantitative estimate of drug-likeness (QED) is 0.664. The lowest BCUT2D eigenvalue weighted by Gasteiger charge is -2.14. The molecule has 2 heteroatoms. The predicted octanol–water partition coefficient (Wildman–Crippen LogP) is 4.09. The third-order valence-electron chi connectivity index (χ3n) is 2.84. The van der Waals surface area contributed by atoms with Gasteiger partial charge in [0.15, 0.2) is 5.78 Å².